The van der Waals surface area contributed by atoms with Gasteiger partial charge in [-0.2, -0.15) is 0 Å². The highest BCUT2D eigenvalue weighted by Crippen LogP contribution is 2.64. The predicted molar refractivity (Wildman–Crippen MR) is 228 cm³/mol. The van der Waals surface area contributed by atoms with Gasteiger partial charge in [-0.15, -0.1) is 11.3 Å². The van der Waals surface area contributed by atoms with Gasteiger partial charge in [0.15, 0.2) is 0 Å². The van der Waals surface area contributed by atoms with Gasteiger partial charge in [-0.1, -0.05) is 152 Å². The van der Waals surface area contributed by atoms with Crippen molar-refractivity contribution in [3.8, 4) is 39.5 Å². The fraction of sp³-hybridized carbons (Fsp3) is 0.0196. The topological polar surface area (TPSA) is 30.7 Å². The van der Waals surface area contributed by atoms with Crippen molar-refractivity contribution in [1.82, 2.24) is 14.5 Å². The second kappa shape index (κ2) is 10.6. The van der Waals surface area contributed by atoms with Crippen molar-refractivity contribution in [2.75, 3.05) is 0 Å². The molecule has 0 saturated heterocycles. The molecule has 1 spiro atoms. The molecule has 3 aromatic heterocycles. The summed E-state index contributed by atoms with van der Waals surface area (Å²) < 4.78 is 3.49. The molecule has 3 nitrogen and oxygen atoms in total. The van der Waals surface area contributed by atoms with Crippen molar-refractivity contribution in [3.05, 3.63) is 198 Å². The molecule has 2 aliphatic rings. The summed E-state index contributed by atoms with van der Waals surface area (Å²) in [6, 6.07) is 64.6. The molecule has 8 aromatic carbocycles. The third-order valence-corrected chi connectivity index (χ3v) is 13.3. The Morgan fingerprint density at radius 1 is 0.436 bits per heavy atom. The van der Waals surface area contributed by atoms with Crippen LogP contribution in [0.2, 0.25) is 0 Å². The van der Waals surface area contributed by atoms with Crippen LogP contribution >= 0.6 is 11.3 Å². The minimum absolute atomic E-state index is 0.436. The molecule has 13 rings (SSSR count). The highest BCUT2D eigenvalue weighted by molar-refractivity contribution is 7.25. The Bertz CT molecular complexity index is 3410. The molecule has 4 heteroatoms. The maximum atomic E-state index is 5.73. The molecule has 0 unspecified atom stereocenters. The Morgan fingerprint density at radius 2 is 1.02 bits per heavy atom. The molecule has 0 radical (unpaired) electrons. The number of thiophene rings is 1. The Kier molecular flexibility index (Phi) is 5.71. The van der Waals surface area contributed by atoms with Crippen LogP contribution in [-0.2, 0) is 5.41 Å². The first-order chi connectivity index (χ1) is 27.3. The molecule has 0 aliphatic heterocycles. The fourth-order valence-electron chi connectivity index (χ4n) is 10.1. The van der Waals surface area contributed by atoms with E-state index in [4.69, 9.17) is 9.97 Å². The predicted octanol–water partition coefficient (Wildman–Crippen LogP) is 13.1. The van der Waals surface area contributed by atoms with Gasteiger partial charge < -0.3 is 0 Å². The highest BCUT2D eigenvalue weighted by atomic mass is 32.1. The van der Waals surface area contributed by atoms with Gasteiger partial charge in [0.2, 0.25) is 5.95 Å². The van der Waals surface area contributed by atoms with Crippen LogP contribution in [0, 0.1) is 0 Å². The Labute approximate surface area is 320 Å². The van der Waals surface area contributed by atoms with Crippen molar-refractivity contribution in [3.63, 3.8) is 0 Å². The quantitative estimate of drug-likeness (QED) is 0.178. The van der Waals surface area contributed by atoms with Crippen LogP contribution in [0.25, 0.3) is 92.3 Å². The molecular weight excluding hydrogens is 687 g/mol. The lowest BCUT2D eigenvalue weighted by molar-refractivity contribution is 0.794. The van der Waals surface area contributed by atoms with E-state index in [0.717, 1.165) is 32.5 Å². The van der Waals surface area contributed by atoms with Crippen molar-refractivity contribution in [1.29, 1.82) is 0 Å². The van der Waals surface area contributed by atoms with E-state index in [-0.39, 0.29) is 0 Å². The number of hydrogen-bond acceptors (Lipinski definition) is 3. The van der Waals surface area contributed by atoms with E-state index in [0.29, 0.717) is 5.95 Å². The average molecular weight is 716 g/mol. The molecular formula is C51H29N3S. The third kappa shape index (κ3) is 3.70. The zero-order valence-corrected chi connectivity index (χ0v) is 30.3. The number of aromatic nitrogens is 3. The second-order valence-electron chi connectivity index (χ2n) is 14.8. The minimum Gasteiger partial charge on any atom is -0.278 e. The maximum absolute atomic E-state index is 5.73. The number of nitrogens with zero attached hydrogens (tertiary/aromatic N) is 3. The summed E-state index contributed by atoms with van der Waals surface area (Å²) in [5.74, 6) is 0.686. The second-order valence-corrected chi connectivity index (χ2v) is 15.9. The van der Waals surface area contributed by atoms with Gasteiger partial charge in [-0.25, -0.2) is 9.97 Å². The van der Waals surface area contributed by atoms with Crippen LogP contribution in [0.5, 0.6) is 0 Å². The maximum Gasteiger partial charge on any atom is 0.236 e. The van der Waals surface area contributed by atoms with Crippen LogP contribution in [0.1, 0.15) is 22.3 Å². The first-order valence-electron chi connectivity index (χ1n) is 18.8. The first-order valence-corrected chi connectivity index (χ1v) is 19.7. The van der Waals surface area contributed by atoms with Crippen LogP contribution < -0.4 is 0 Å². The molecule has 55 heavy (non-hydrogen) atoms. The Balaban J connectivity index is 1.17. The summed E-state index contributed by atoms with van der Waals surface area (Å²) in [6.45, 7) is 0. The van der Waals surface area contributed by atoms with Gasteiger partial charge >= 0.3 is 0 Å². The standard InChI is InChI=1S/C51H29N3S/c1-2-15-31-29-44-38(28-30(31)14-1)34-18-6-11-26-43(34)54(44)50-52-48(47-36-20-7-12-27-45(36)55-49(47)53-50)37-21-13-25-42-46(37)35-19-5-10-24-41(35)51(42)39-22-8-3-16-32(39)33-17-4-9-23-40(33)51/h1-29H. The monoisotopic (exact) mass is 715 g/mol. The molecule has 0 saturated carbocycles. The molecule has 11 aromatic rings. The average Bonchev–Trinajstić information content (AvgIpc) is 3.96. The molecule has 0 amide bonds. The zero-order valence-electron chi connectivity index (χ0n) is 29.5. The summed E-state index contributed by atoms with van der Waals surface area (Å²) in [5.41, 5.74) is 14.3. The van der Waals surface area contributed by atoms with Gasteiger partial charge in [-0.05, 0) is 79.5 Å². The fourth-order valence-corrected chi connectivity index (χ4v) is 11.2. The first kappa shape index (κ1) is 29.6. The summed E-state index contributed by atoms with van der Waals surface area (Å²) in [4.78, 5) is 12.2. The van der Waals surface area contributed by atoms with Crippen molar-refractivity contribution in [2.24, 2.45) is 0 Å². The number of benzene rings is 8. The van der Waals surface area contributed by atoms with Gasteiger partial charge in [0.1, 0.15) is 4.83 Å². The molecule has 0 N–H and O–H groups in total. The van der Waals surface area contributed by atoms with E-state index in [2.05, 4.69) is 180 Å². The van der Waals surface area contributed by atoms with E-state index in [1.807, 2.05) is 0 Å². The lowest BCUT2D eigenvalue weighted by Crippen LogP contribution is -2.25. The Morgan fingerprint density at radius 3 is 1.80 bits per heavy atom. The van der Waals surface area contributed by atoms with Gasteiger partial charge in [0, 0.05) is 31.8 Å². The van der Waals surface area contributed by atoms with Crippen molar-refractivity contribution in [2.45, 2.75) is 5.41 Å². The Hall–Kier alpha value is -6.88. The molecule has 2 aliphatic carbocycles. The van der Waals surface area contributed by atoms with Crippen LogP contribution in [0.3, 0.4) is 0 Å². The summed E-state index contributed by atoms with van der Waals surface area (Å²) >= 11 is 1.75. The van der Waals surface area contributed by atoms with Crippen LogP contribution in [0.4, 0.5) is 0 Å². The summed E-state index contributed by atoms with van der Waals surface area (Å²) in [6.07, 6.45) is 0. The van der Waals surface area contributed by atoms with E-state index in [1.165, 1.54) is 76.1 Å². The lowest BCUT2D eigenvalue weighted by atomic mass is 9.70. The highest BCUT2D eigenvalue weighted by Gasteiger charge is 2.52. The lowest BCUT2D eigenvalue weighted by Gasteiger charge is -2.30. The van der Waals surface area contributed by atoms with E-state index in [9.17, 15) is 0 Å². The van der Waals surface area contributed by atoms with Crippen LogP contribution in [0.15, 0.2) is 176 Å². The van der Waals surface area contributed by atoms with Crippen molar-refractivity contribution < 1.29 is 0 Å². The number of fused-ring (bicyclic) bond motifs is 17. The minimum atomic E-state index is -0.436. The zero-order chi connectivity index (χ0) is 35.8. The number of hydrogen-bond donors (Lipinski definition) is 0. The van der Waals surface area contributed by atoms with Gasteiger partial charge in [0.25, 0.3) is 0 Å². The van der Waals surface area contributed by atoms with E-state index >= 15 is 0 Å². The number of rotatable bonds is 2. The third-order valence-electron chi connectivity index (χ3n) is 12.2. The van der Waals surface area contributed by atoms with Gasteiger partial charge in [-0.3, -0.25) is 4.57 Å². The number of para-hydroxylation sites is 1. The van der Waals surface area contributed by atoms with Crippen LogP contribution in [-0.4, -0.2) is 14.5 Å². The van der Waals surface area contributed by atoms with Crippen molar-refractivity contribution >= 4 is 64.2 Å². The summed E-state index contributed by atoms with van der Waals surface area (Å²) in [5, 5.41) is 7.11. The molecule has 0 atom stereocenters. The normalized spacial score (nSPS) is 13.6. The summed E-state index contributed by atoms with van der Waals surface area (Å²) in [7, 11) is 0. The van der Waals surface area contributed by atoms with Gasteiger partial charge in [0.05, 0.1) is 22.1 Å². The molecule has 254 valence electrons. The molecule has 0 fully saturated rings. The van der Waals surface area contributed by atoms with E-state index in [1.54, 1.807) is 11.3 Å². The molecule has 3 heterocycles. The largest absolute Gasteiger partial charge is 0.278 e. The molecule has 0 bridgehead atoms. The van der Waals surface area contributed by atoms with E-state index < -0.39 is 5.41 Å². The smallest absolute Gasteiger partial charge is 0.236 e. The SMILES string of the molecule is c1ccc2c(c1)-c1ccccc1C21c2ccccc2-c2c(-c3nc(-n4c5ccccc5c5cc6ccccc6cc54)nc4sc5ccccc5c34)cccc21.